The zero-order valence-electron chi connectivity index (χ0n) is 11.1. The summed E-state index contributed by atoms with van der Waals surface area (Å²) in [6, 6.07) is 9.48. The fraction of sp³-hybridized carbons (Fsp3) is 0.600. The molecule has 1 saturated carbocycles. The van der Waals surface area contributed by atoms with Crippen molar-refractivity contribution in [2.24, 2.45) is 0 Å². The van der Waals surface area contributed by atoms with Gasteiger partial charge in [-0.1, -0.05) is 24.3 Å². The standard InChI is InChI=1S/C15H23NO/c1-15(2,3)17-11-13-6-4-12(5-7-13)10-16-14-8-9-14/h4-7,14,16H,8-11H2,1-3H3. The highest BCUT2D eigenvalue weighted by Crippen LogP contribution is 2.19. The van der Waals surface area contributed by atoms with Gasteiger partial charge in [-0.15, -0.1) is 0 Å². The molecule has 2 rings (SSSR count). The van der Waals surface area contributed by atoms with E-state index >= 15 is 0 Å². The van der Waals surface area contributed by atoms with Crippen LogP contribution in [0.2, 0.25) is 0 Å². The summed E-state index contributed by atoms with van der Waals surface area (Å²) in [5, 5.41) is 3.52. The van der Waals surface area contributed by atoms with Gasteiger partial charge in [-0.05, 0) is 44.7 Å². The summed E-state index contributed by atoms with van der Waals surface area (Å²) in [6.07, 6.45) is 2.69. The molecule has 1 aromatic carbocycles. The first kappa shape index (κ1) is 12.6. The van der Waals surface area contributed by atoms with E-state index in [1.54, 1.807) is 0 Å². The fourth-order valence-corrected chi connectivity index (χ4v) is 1.60. The molecule has 2 heteroatoms. The molecule has 0 amide bonds. The molecule has 1 N–H and O–H groups in total. The molecule has 0 saturated heterocycles. The largest absolute Gasteiger partial charge is 0.371 e. The molecule has 0 unspecified atom stereocenters. The zero-order valence-corrected chi connectivity index (χ0v) is 11.1. The molecule has 0 radical (unpaired) electrons. The predicted octanol–water partition coefficient (Wildman–Crippen LogP) is 3.25. The van der Waals surface area contributed by atoms with E-state index in [1.807, 2.05) is 0 Å². The van der Waals surface area contributed by atoms with Crippen LogP contribution in [0.1, 0.15) is 44.7 Å². The van der Waals surface area contributed by atoms with E-state index in [-0.39, 0.29) is 5.60 Å². The molecular formula is C15H23NO. The summed E-state index contributed by atoms with van der Waals surface area (Å²) < 4.78 is 5.75. The summed E-state index contributed by atoms with van der Waals surface area (Å²) >= 11 is 0. The summed E-state index contributed by atoms with van der Waals surface area (Å²) in [4.78, 5) is 0. The van der Waals surface area contributed by atoms with Gasteiger partial charge in [0.05, 0.1) is 12.2 Å². The number of ether oxygens (including phenoxy) is 1. The number of benzene rings is 1. The van der Waals surface area contributed by atoms with Gasteiger partial charge in [0.1, 0.15) is 0 Å². The molecule has 0 spiro atoms. The van der Waals surface area contributed by atoms with Crippen LogP contribution in [0.3, 0.4) is 0 Å². The lowest BCUT2D eigenvalue weighted by atomic mass is 10.1. The Morgan fingerprint density at radius 1 is 1.12 bits per heavy atom. The highest BCUT2D eigenvalue weighted by molar-refractivity contribution is 5.22. The minimum Gasteiger partial charge on any atom is -0.371 e. The van der Waals surface area contributed by atoms with Gasteiger partial charge >= 0.3 is 0 Å². The van der Waals surface area contributed by atoms with Crippen molar-refractivity contribution in [2.75, 3.05) is 0 Å². The van der Waals surface area contributed by atoms with Gasteiger partial charge in [0.15, 0.2) is 0 Å². The average molecular weight is 233 g/mol. The van der Waals surface area contributed by atoms with E-state index in [9.17, 15) is 0 Å². The average Bonchev–Trinajstić information content (AvgIpc) is 3.08. The molecule has 94 valence electrons. The maximum absolute atomic E-state index is 5.75. The van der Waals surface area contributed by atoms with Crippen molar-refractivity contribution in [1.29, 1.82) is 0 Å². The summed E-state index contributed by atoms with van der Waals surface area (Å²) in [5.41, 5.74) is 2.54. The monoisotopic (exact) mass is 233 g/mol. The number of hydrogen-bond donors (Lipinski definition) is 1. The Morgan fingerprint density at radius 2 is 1.71 bits per heavy atom. The molecule has 0 heterocycles. The van der Waals surface area contributed by atoms with E-state index in [0.717, 1.165) is 12.6 Å². The lowest BCUT2D eigenvalue weighted by molar-refractivity contribution is -0.0149. The lowest BCUT2D eigenvalue weighted by Gasteiger charge is -2.19. The van der Waals surface area contributed by atoms with Crippen LogP contribution in [0, 0.1) is 0 Å². The predicted molar refractivity (Wildman–Crippen MR) is 70.8 cm³/mol. The SMILES string of the molecule is CC(C)(C)OCc1ccc(CNC2CC2)cc1. The van der Waals surface area contributed by atoms with Crippen LogP contribution >= 0.6 is 0 Å². The van der Waals surface area contributed by atoms with Gasteiger partial charge in [-0.25, -0.2) is 0 Å². The van der Waals surface area contributed by atoms with E-state index < -0.39 is 0 Å². The highest BCUT2D eigenvalue weighted by Gasteiger charge is 2.19. The van der Waals surface area contributed by atoms with Gasteiger partial charge in [-0.2, -0.15) is 0 Å². The van der Waals surface area contributed by atoms with E-state index in [1.165, 1.54) is 24.0 Å². The first-order valence-electron chi connectivity index (χ1n) is 6.48. The Morgan fingerprint density at radius 3 is 2.24 bits per heavy atom. The van der Waals surface area contributed by atoms with Crippen LogP contribution in [-0.2, 0) is 17.9 Å². The van der Waals surface area contributed by atoms with Crippen LogP contribution in [0.15, 0.2) is 24.3 Å². The molecule has 2 nitrogen and oxygen atoms in total. The third kappa shape index (κ3) is 4.88. The van der Waals surface area contributed by atoms with Crippen molar-refractivity contribution in [1.82, 2.24) is 5.32 Å². The van der Waals surface area contributed by atoms with Gasteiger partial charge in [0, 0.05) is 12.6 Å². The highest BCUT2D eigenvalue weighted by atomic mass is 16.5. The molecule has 1 aliphatic carbocycles. The van der Waals surface area contributed by atoms with Gasteiger partial charge in [-0.3, -0.25) is 0 Å². The summed E-state index contributed by atoms with van der Waals surface area (Å²) in [7, 11) is 0. The third-order valence-corrected chi connectivity index (χ3v) is 2.87. The van der Waals surface area contributed by atoms with Crippen molar-refractivity contribution in [3.8, 4) is 0 Å². The van der Waals surface area contributed by atoms with Crippen molar-refractivity contribution >= 4 is 0 Å². The first-order valence-corrected chi connectivity index (χ1v) is 6.48. The zero-order chi connectivity index (χ0) is 12.3. The lowest BCUT2D eigenvalue weighted by Crippen LogP contribution is -2.18. The maximum atomic E-state index is 5.75. The molecule has 0 aromatic heterocycles. The van der Waals surface area contributed by atoms with Crippen molar-refractivity contribution in [3.63, 3.8) is 0 Å². The number of hydrogen-bond acceptors (Lipinski definition) is 2. The number of nitrogens with one attached hydrogen (secondary N) is 1. The normalized spacial score (nSPS) is 16.2. The quantitative estimate of drug-likeness (QED) is 0.843. The molecule has 0 atom stereocenters. The maximum Gasteiger partial charge on any atom is 0.0724 e. The Bertz CT molecular complexity index is 346. The Labute approximate surface area is 104 Å². The second kappa shape index (κ2) is 5.19. The van der Waals surface area contributed by atoms with Crippen molar-refractivity contribution in [2.45, 2.75) is 58.4 Å². The number of rotatable bonds is 5. The van der Waals surface area contributed by atoms with Crippen LogP contribution in [0.25, 0.3) is 0 Å². The van der Waals surface area contributed by atoms with Crippen LogP contribution in [-0.4, -0.2) is 11.6 Å². The van der Waals surface area contributed by atoms with Gasteiger partial charge < -0.3 is 10.1 Å². The minimum absolute atomic E-state index is 0.0633. The minimum atomic E-state index is -0.0633. The molecule has 0 aliphatic heterocycles. The summed E-state index contributed by atoms with van der Waals surface area (Å²) in [5.74, 6) is 0. The van der Waals surface area contributed by atoms with Gasteiger partial charge in [0.25, 0.3) is 0 Å². The van der Waals surface area contributed by atoms with Crippen LogP contribution in [0.4, 0.5) is 0 Å². The molecule has 17 heavy (non-hydrogen) atoms. The first-order chi connectivity index (χ1) is 8.03. The van der Waals surface area contributed by atoms with Crippen LogP contribution < -0.4 is 5.32 Å². The van der Waals surface area contributed by atoms with E-state index in [0.29, 0.717) is 6.61 Å². The Hall–Kier alpha value is -0.860. The van der Waals surface area contributed by atoms with E-state index in [2.05, 4.69) is 50.4 Å². The topological polar surface area (TPSA) is 21.3 Å². The van der Waals surface area contributed by atoms with Crippen molar-refractivity contribution in [3.05, 3.63) is 35.4 Å². The molecule has 0 bridgehead atoms. The second-order valence-corrected chi connectivity index (χ2v) is 5.87. The second-order valence-electron chi connectivity index (χ2n) is 5.87. The fourth-order valence-electron chi connectivity index (χ4n) is 1.60. The summed E-state index contributed by atoms with van der Waals surface area (Å²) in [6.45, 7) is 7.94. The molecule has 1 aromatic rings. The smallest absolute Gasteiger partial charge is 0.0724 e. The molecule has 1 fully saturated rings. The van der Waals surface area contributed by atoms with Crippen molar-refractivity contribution < 1.29 is 4.74 Å². The molecule has 1 aliphatic rings. The van der Waals surface area contributed by atoms with E-state index in [4.69, 9.17) is 4.74 Å². The molecular weight excluding hydrogens is 210 g/mol. The Balaban J connectivity index is 1.79. The van der Waals surface area contributed by atoms with Crippen LogP contribution in [0.5, 0.6) is 0 Å². The third-order valence-electron chi connectivity index (χ3n) is 2.87. The Kier molecular flexibility index (Phi) is 3.85. The van der Waals surface area contributed by atoms with Gasteiger partial charge in [0.2, 0.25) is 0 Å².